The molecular formula is C22H27ClN4O3. The average Bonchev–Trinajstić information content (AvgIpc) is 2.71. The fraction of sp³-hybridized carbons (Fsp3) is 0.455. The zero-order chi connectivity index (χ0) is 21.5. The molecule has 2 amide bonds. The standard InChI is InChI=1S/C22H27ClN4O3/c1-15-19(14-25-16(2)26-15)22(29)27-10-4-3-9-24-21(28)18-13-17(23)7-8-20(18)30-12-6-5-11-27/h7-8,13-14H,3-6,9-12H2,1-2H3,(H,24,28). The summed E-state index contributed by atoms with van der Waals surface area (Å²) < 4.78 is 5.83. The van der Waals surface area contributed by atoms with Gasteiger partial charge in [-0.05, 0) is 57.7 Å². The molecule has 7 nitrogen and oxygen atoms in total. The summed E-state index contributed by atoms with van der Waals surface area (Å²) in [5, 5.41) is 3.41. The first-order valence-corrected chi connectivity index (χ1v) is 10.6. The van der Waals surface area contributed by atoms with Gasteiger partial charge >= 0.3 is 0 Å². The van der Waals surface area contributed by atoms with Gasteiger partial charge in [0.25, 0.3) is 11.8 Å². The Morgan fingerprint density at radius 3 is 2.70 bits per heavy atom. The van der Waals surface area contributed by atoms with Gasteiger partial charge in [-0.1, -0.05) is 11.6 Å². The number of carbonyl (C=O) groups is 2. The molecule has 0 spiro atoms. The van der Waals surface area contributed by atoms with Crippen molar-refractivity contribution < 1.29 is 14.3 Å². The number of carbonyl (C=O) groups excluding carboxylic acids is 2. The highest BCUT2D eigenvalue weighted by molar-refractivity contribution is 6.31. The van der Waals surface area contributed by atoms with Gasteiger partial charge in [0, 0.05) is 30.9 Å². The van der Waals surface area contributed by atoms with Crippen molar-refractivity contribution in [3.05, 3.63) is 52.1 Å². The van der Waals surface area contributed by atoms with Gasteiger partial charge in [-0.3, -0.25) is 9.59 Å². The van der Waals surface area contributed by atoms with E-state index in [1.165, 1.54) is 0 Å². The van der Waals surface area contributed by atoms with E-state index >= 15 is 0 Å². The van der Waals surface area contributed by atoms with Crippen molar-refractivity contribution in [2.75, 3.05) is 26.2 Å². The molecule has 0 unspecified atom stereocenters. The minimum Gasteiger partial charge on any atom is -0.493 e. The lowest BCUT2D eigenvalue weighted by atomic mass is 10.1. The lowest BCUT2D eigenvalue weighted by molar-refractivity contribution is 0.0743. The van der Waals surface area contributed by atoms with Gasteiger partial charge in [-0.25, -0.2) is 9.97 Å². The molecule has 30 heavy (non-hydrogen) atoms. The van der Waals surface area contributed by atoms with Crippen LogP contribution in [0.15, 0.2) is 24.4 Å². The molecule has 0 saturated heterocycles. The number of halogens is 1. The summed E-state index contributed by atoms with van der Waals surface area (Å²) in [5.74, 6) is 0.920. The van der Waals surface area contributed by atoms with Crippen LogP contribution >= 0.6 is 11.6 Å². The van der Waals surface area contributed by atoms with Crippen LogP contribution in [-0.4, -0.2) is 52.9 Å². The molecule has 2 heterocycles. The number of ether oxygens (including phenoxy) is 1. The molecule has 0 fully saturated rings. The van der Waals surface area contributed by atoms with Crippen LogP contribution in [0.1, 0.15) is 57.9 Å². The number of rotatable bonds is 1. The summed E-state index contributed by atoms with van der Waals surface area (Å²) in [4.78, 5) is 35.9. The average molecular weight is 431 g/mol. The molecule has 1 aliphatic heterocycles. The Balaban J connectivity index is 1.70. The molecule has 0 radical (unpaired) electrons. The van der Waals surface area contributed by atoms with E-state index in [9.17, 15) is 9.59 Å². The Hall–Kier alpha value is -2.67. The van der Waals surface area contributed by atoms with Crippen LogP contribution in [0, 0.1) is 13.8 Å². The second-order valence-electron chi connectivity index (χ2n) is 7.37. The second-order valence-corrected chi connectivity index (χ2v) is 7.80. The Bertz CT molecular complexity index is 919. The summed E-state index contributed by atoms with van der Waals surface area (Å²) >= 11 is 6.05. The van der Waals surface area contributed by atoms with Crippen molar-refractivity contribution in [3.8, 4) is 5.75 Å². The lowest BCUT2D eigenvalue weighted by Gasteiger charge is -2.24. The van der Waals surface area contributed by atoms with Crippen LogP contribution in [0.2, 0.25) is 5.02 Å². The van der Waals surface area contributed by atoms with E-state index in [2.05, 4.69) is 15.3 Å². The van der Waals surface area contributed by atoms with Gasteiger partial charge in [0.2, 0.25) is 0 Å². The first-order valence-electron chi connectivity index (χ1n) is 10.3. The van der Waals surface area contributed by atoms with E-state index in [1.807, 2.05) is 18.7 Å². The van der Waals surface area contributed by atoms with E-state index in [0.717, 1.165) is 25.7 Å². The molecule has 0 bridgehead atoms. The Morgan fingerprint density at radius 1 is 1.17 bits per heavy atom. The molecule has 1 aliphatic rings. The fourth-order valence-corrected chi connectivity index (χ4v) is 3.57. The molecule has 0 saturated carbocycles. The number of hydrogen-bond acceptors (Lipinski definition) is 5. The van der Waals surface area contributed by atoms with Crippen LogP contribution < -0.4 is 10.1 Å². The number of nitrogens with zero attached hydrogens (tertiary/aromatic N) is 3. The van der Waals surface area contributed by atoms with Crippen molar-refractivity contribution in [3.63, 3.8) is 0 Å². The number of hydrogen-bond donors (Lipinski definition) is 1. The quantitative estimate of drug-likeness (QED) is 0.747. The molecule has 1 aromatic heterocycles. The van der Waals surface area contributed by atoms with Crippen LogP contribution in [0.5, 0.6) is 5.75 Å². The van der Waals surface area contributed by atoms with Crippen LogP contribution in [0.4, 0.5) is 0 Å². The Morgan fingerprint density at radius 2 is 1.93 bits per heavy atom. The summed E-state index contributed by atoms with van der Waals surface area (Å²) in [6, 6.07) is 5.06. The van der Waals surface area contributed by atoms with Crippen molar-refractivity contribution in [1.29, 1.82) is 0 Å². The molecule has 0 atom stereocenters. The molecule has 1 aromatic carbocycles. The van der Waals surface area contributed by atoms with E-state index < -0.39 is 0 Å². The summed E-state index contributed by atoms with van der Waals surface area (Å²) in [6.45, 7) is 5.86. The van der Waals surface area contributed by atoms with Gasteiger partial charge in [-0.15, -0.1) is 0 Å². The SMILES string of the molecule is Cc1ncc(C(=O)N2CCCCNC(=O)c3cc(Cl)ccc3OCCCC2)c(C)n1. The third kappa shape index (κ3) is 5.69. The van der Waals surface area contributed by atoms with Crippen molar-refractivity contribution in [1.82, 2.24) is 20.2 Å². The predicted molar refractivity (Wildman–Crippen MR) is 115 cm³/mol. The Labute approximate surface area is 181 Å². The first kappa shape index (κ1) is 22.0. The zero-order valence-corrected chi connectivity index (χ0v) is 18.2. The number of aromatic nitrogens is 2. The summed E-state index contributed by atoms with van der Waals surface area (Å²) in [6.07, 6.45) is 4.71. The minimum atomic E-state index is -0.204. The molecular weight excluding hydrogens is 404 g/mol. The maximum absolute atomic E-state index is 13.1. The number of benzene rings is 1. The Kier molecular flexibility index (Phi) is 7.63. The maximum Gasteiger partial charge on any atom is 0.257 e. The van der Waals surface area contributed by atoms with Crippen molar-refractivity contribution >= 4 is 23.4 Å². The monoisotopic (exact) mass is 430 g/mol. The van der Waals surface area contributed by atoms with Gasteiger partial charge < -0.3 is 15.0 Å². The van der Waals surface area contributed by atoms with Crippen LogP contribution in [-0.2, 0) is 0 Å². The predicted octanol–water partition coefficient (Wildman–Crippen LogP) is 3.57. The van der Waals surface area contributed by atoms with Gasteiger partial charge in [0.05, 0.1) is 23.4 Å². The smallest absolute Gasteiger partial charge is 0.257 e. The number of amides is 2. The zero-order valence-electron chi connectivity index (χ0n) is 17.4. The highest BCUT2D eigenvalue weighted by Gasteiger charge is 2.19. The molecule has 0 aliphatic carbocycles. The van der Waals surface area contributed by atoms with Gasteiger partial charge in [0.1, 0.15) is 11.6 Å². The third-order valence-electron chi connectivity index (χ3n) is 5.02. The number of aryl methyl sites for hydroxylation is 2. The molecule has 160 valence electrons. The number of fused-ring (bicyclic) bond motifs is 1. The van der Waals surface area contributed by atoms with Crippen LogP contribution in [0.3, 0.4) is 0 Å². The lowest BCUT2D eigenvalue weighted by Crippen LogP contribution is -2.34. The third-order valence-corrected chi connectivity index (χ3v) is 5.26. The van der Waals surface area contributed by atoms with E-state index in [-0.39, 0.29) is 11.8 Å². The topological polar surface area (TPSA) is 84.4 Å². The largest absolute Gasteiger partial charge is 0.493 e. The van der Waals surface area contributed by atoms with E-state index in [1.54, 1.807) is 24.4 Å². The van der Waals surface area contributed by atoms with Crippen LogP contribution in [0.25, 0.3) is 0 Å². The van der Waals surface area contributed by atoms with E-state index in [0.29, 0.717) is 59.7 Å². The normalized spacial score (nSPS) is 16.1. The van der Waals surface area contributed by atoms with Gasteiger partial charge in [-0.2, -0.15) is 0 Å². The highest BCUT2D eigenvalue weighted by Crippen LogP contribution is 2.23. The molecule has 8 heteroatoms. The van der Waals surface area contributed by atoms with Crippen molar-refractivity contribution in [2.45, 2.75) is 39.5 Å². The highest BCUT2D eigenvalue weighted by atomic mass is 35.5. The second kappa shape index (κ2) is 10.4. The van der Waals surface area contributed by atoms with E-state index in [4.69, 9.17) is 16.3 Å². The molecule has 2 aromatic rings. The summed E-state index contributed by atoms with van der Waals surface area (Å²) in [5.41, 5.74) is 1.68. The first-order chi connectivity index (χ1) is 14.5. The van der Waals surface area contributed by atoms with Crippen molar-refractivity contribution in [2.24, 2.45) is 0 Å². The fourth-order valence-electron chi connectivity index (χ4n) is 3.40. The maximum atomic E-state index is 13.1. The summed E-state index contributed by atoms with van der Waals surface area (Å²) in [7, 11) is 0. The molecule has 3 rings (SSSR count). The number of nitrogens with one attached hydrogen (secondary N) is 1. The minimum absolute atomic E-state index is 0.0514. The van der Waals surface area contributed by atoms with Gasteiger partial charge in [0.15, 0.2) is 0 Å². The molecule has 1 N–H and O–H groups in total.